The van der Waals surface area contributed by atoms with Gasteiger partial charge in [-0.05, 0) is 37.8 Å². The fourth-order valence-electron chi connectivity index (χ4n) is 4.08. The third-order valence-corrected chi connectivity index (χ3v) is 5.62. The van der Waals surface area contributed by atoms with E-state index in [4.69, 9.17) is 0 Å². The number of carbonyl (C=O) groups excluding carboxylic acids is 3. The predicted molar refractivity (Wildman–Crippen MR) is 101 cm³/mol. The van der Waals surface area contributed by atoms with Crippen molar-refractivity contribution in [3.05, 3.63) is 36.0 Å². The molecule has 0 saturated carbocycles. The van der Waals surface area contributed by atoms with Crippen LogP contribution in [0.4, 0.5) is 4.79 Å². The third kappa shape index (κ3) is 3.29. The third-order valence-electron chi connectivity index (χ3n) is 5.62. The number of urea groups is 1. The van der Waals surface area contributed by atoms with Crippen LogP contribution in [0.5, 0.6) is 0 Å². The van der Waals surface area contributed by atoms with Crippen LogP contribution in [-0.2, 0) is 16.0 Å². The smallest absolute Gasteiger partial charge is 0.325 e. The number of carbonyl (C=O) groups is 3. The molecule has 142 valence electrons. The summed E-state index contributed by atoms with van der Waals surface area (Å²) in [6.07, 6.45) is 5.32. The van der Waals surface area contributed by atoms with Crippen LogP contribution in [0.1, 0.15) is 31.7 Å². The van der Waals surface area contributed by atoms with E-state index in [0.717, 1.165) is 40.6 Å². The summed E-state index contributed by atoms with van der Waals surface area (Å²) in [7, 11) is 0. The minimum absolute atomic E-state index is 0.154. The molecule has 2 fully saturated rings. The van der Waals surface area contributed by atoms with Crippen molar-refractivity contribution in [3.8, 4) is 0 Å². The van der Waals surface area contributed by atoms with E-state index in [2.05, 4.69) is 10.3 Å². The number of aromatic amines is 1. The lowest BCUT2D eigenvalue weighted by molar-refractivity contribution is -0.139. The fourth-order valence-corrected chi connectivity index (χ4v) is 4.08. The summed E-state index contributed by atoms with van der Waals surface area (Å²) in [5.41, 5.74) is 1.97. The first-order valence-corrected chi connectivity index (χ1v) is 9.51. The van der Waals surface area contributed by atoms with E-state index in [-0.39, 0.29) is 24.4 Å². The van der Waals surface area contributed by atoms with Crippen molar-refractivity contribution in [1.29, 1.82) is 0 Å². The molecule has 0 unspecified atom stereocenters. The lowest BCUT2D eigenvalue weighted by atomic mass is 10.0. The second-order valence-electron chi connectivity index (χ2n) is 7.42. The van der Waals surface area contributed by atoms with Crippen LogP contribution in [0, 0.1) is 0 Å². The Balaban J connectivity index is 1.45. The van der Waals surface area contributed by atoms with Gasteiger partial charge >= 0.3 is 6.03 Å². The highest BCUT2D eigenvalue weighted by Crippen LogP contribution is 2.22. The second kappa shape index (κ2) is 7.06. The first kappa shape index (κ1) is 17.6. The molecule has 0 bridgehead atoms. The maximum atomic E-state index is 12.7. The van der Waals surface area contributed by atoms with Crippen LogP contribution < -0.4 is 5.32 Å². The molecule has 7 heteroatoms. The number of piperidine rings is 1. The number of H-pyrrole nitrogens is 1. The van der Waals surface area contributed by atoms with Gasteiger partial charge in [-0.1, -0.05) is 18.2 Å². The molecule has 7 nitrogen and oxygen atoms in total. The lowest BCUT2D eigenvalue weighted by Crippen LogP contribution is -2.48. The van der Waals surface area contributed by atoms with Crippen molar-refractivity contribution in [2.24, 2.45) is 0 Å². The van der Waals surface area contributed by atoms with Gasteiger partial charge < -0.3 is 15.2 Å². The molecule has 1 aromatic carbocycles. The molecular formula is C20H24N4O3. The summed E-state index contributed by atoms with van der Waals surface area (Å²) < 4.78 is 0. The highest BCUT2D eigenvalue weighted by atomic mass is 16.2. The summed E-state index contributed by atoms with van der Waals surface area (Å²) in [6, 6.07) is 6.89. The van der Waals surface area contributed by atoms with Gasteiger partial charge in [0.15, 0.2) is 0 Å². The number of hydrogen-bond donors (Lipinski definition) is 2. The van der Waals surface area contributed by atoms with E-state index in [1.165, 1.54) is 0 Å². The minimum atomic E-state index is -0.636. The molecule has 3 heterocycles. The molecule has 27 heavy (non-hydrogen) atoms. The Bertz CT molecular complexity index is 890. The molecule has 2 atom stereocenters. The normalized spacial score (nSPS) is 23.1. The first-order valence-electron chi connectivity index (χ1n) is 9.51. The number of para-hydroxylation sites is 1. The van der Waals surface area contributed by atoms with E-state index >= 15 is 0 Å². The zero-order valence-corrected chi connectivity index (χ0v) is 15.4. The molecule has 2 saturated heterocycles. The molecule has 4 amide bonds. The van der Waals surface area contributed by atoms with E-state index in [1.807, 2.05) is 37.4 Å². The summed E-state index contributed by atoms with van der Waals surface area (Å²) in [5, 5.41) is 3.77. The standard InChI is InChI=1S/C20H24N4O3/c1-13-6-4-5-9-23(13)18(25)12-24-19(26)17(22-20(24)27)10-14-11-21-16-8-3-2-7-15(14)16/h2-3,7-8,11,13,17,21H,4-6,9-10,12H2,1H3,(H,22,27)/t13-,17-/m1/s1. The molecular weight excluding hydrogens is 344 g/mol. The SMILES string of the molecule is C[C@@H]1CCCCN1C(=O)CN1C(=O)N[C@H](Cc2c[nH]c3ccccc23)C1=O. The van der Waals surface area contributed by atoms with Crippen LogP contribution >= 0.6 is 0 Å². The van der Waals surface area contributed by atoms with Crippen LogP contribution in [0.25, 0.3) is 10.9 Å². The van der Waals surface area contributed by atoms with Gasteiger partial charge in [0.2, 0.25) is 5.91 Å². The van der Waals surface area contributed by atoms with Gasteiger partial charge in [0.1, 0.15) is 12.6 Å². The van der Waals surface area contributed by atoms with E-state index in [0.29, 0.717) is 13.0 Å². The number of amides is 4. The first-order chi connectivity index (χ1) is 13.0. The van der Waals surface area contributed by atoms with Crippen molar-refractivity contribution in [2.75, 3.05) is 13.1 Å². The Labute approximate surface area is 157 Å². The Hall–Kier alpha value is -2.83. The number of fused-ring (bicyclic) bond motifs is 1. The number of nitrogens with one attached hydrogen (secondary N) is 2. The largest absolute Gasteiger partial charge is 0.361 e. The number of imide groups is 1. The van der Waals surface area contributed by atoms with Crippen molar-refractivity contribution in [1.82, 2.24) is 20.1 Å². The highest BCUT2D eigenvalue weighted by Gasteiger charge is 2.40. The number of nitrogens with zero attached hydrogens (tertiary/aromatic N) is 2. The van der Waals surface area contributed by atoms with Crippen LogP contribution in [0.2, 0.25) is 0 Å². The Morgan fingerprint density at radius 1 is 1.22 bits per heavy atom. The molecule has 2 N–H and O–H groups in total. The molecule has 2 aromatic rings. The summed E-state index contributed by atoms with van der Waals surface area (Å²) >= 11 is 0. The van der Waals surface area contributed by atoms with Gasteiger partial charge in [-0.2, -0.15) is 0 Å². The van der Waals surface area contributed by atoms with Gasteiger partial charge in [-0.3, -0.25) is 14.5 Å². The quantitative estimate of drug-likeness (QED) is 0.810. The Morgan fingerprint density at radius 2 is 2.04 bits per heavy atom. The number of rotatable bonds is 4. The van der Waals surface area contributed by atoms with Gasteiger partial charge in [0.05, 0.1) is 0 Å². The minimum Gasteiger partial charge on any atom is -0.361 e. The van der Waals surface area contributed by atoms with Crippen molar-refractivity contribution < 1.29 is 14.4 Å². The van der Waals surface area contributed by atoms with Crippen LogP contribution in [-0.4, -0.2) is 57.8 Å². The molecule has 2 aliphatic heterocycles. The lowest BCUT2D eigenvalue weighted by Gasteiger charge is -2.34. The second-order valence-corrected chi connectivity index (χ2v) is 7.42. The van der Waals surface area contributed by atoms with E-state index < -0.39 is 12.1 Å². The maximum absolute atomic E-state index is 12.7. The number of aromatic nitrogens is 1. The molecule has 0 aliphatic carbocycles. The van der Waals surface area contributed by atoms with Crippen LogP contribution in [0.15, 0.2) is 30.5 Å². The summed E-state index contributed by atoms with van der Waals surface area (Å²) in [4.78, 5) is 43.7. The topological polar surface area (TPSA) is 85.5 Å². The predicted octanol–water partition coefficient (Wildman–Crippen LogP) is 2.03. The molecule has 0 spiro atoms. The Morgan fingerprint density at radius 3 is 2.85 bits per heavy atom. The van der Waals surface area contributed by atoms with Crippen LogP contribution in [0.3, 0.4) is 0 Å². The van der Waals surface area contributed by atoms with Crippen molar-refractivity contribution >= 4 is 28.7 Å². The van der Waals surface area contributed by atoms with Gasteiger partial charge in [-0.25, -0.2) is 4.79 Å². The monoisotopic (exact) mass is 368 g/mol. The number of hydrogen-bond acceptors (Lipinski definition) is 3. The molecule has 2 aliphatic rings. The molecule has 0 radical (unpaired) electrons. The zero-order chi connectivity index (χ0) is 19.0. The maximum Gasteiger partial charge on any atom is 0.325 e. The van der Waals surface area contributed by atoms with Crippen molar-refractivity contribution in [2.45, 2.75) is 44.7 Å². The Kier molecular flexibility index (Phi) is 4.59. The van der Waals surface area contributed by atoms with Crippen molar-refractivity contribution in [3.63, 3.8) is 0 Å². The van der Waals surface area contributed by atoms with Gasteiger partial charge in [0.25, 0.3) is 5.91 Å². The summed E-state index contributed by atoms with van der Waals surface area (Å²) in [6.45, 7) is 2.53. The highest BCUT2D eigenvalue weighted by molar-refractivity contribution is 6.06. The van der Waals surface area contributed by atoms with Gasteiger partial charge in [0, 0.05) is 36.1 Å². The fraction of sp³-hybridized carbons (Fsp3) is 0.450. The van der Waals surface area contributed by atoms with E-state index in [9.17, 15) is 14.4 Å². The number of benzene rings is 1. The number of likely N-dealkylation sites (tertiary alicyclic amines) is 1. The molecule has 1 aromatic heterocycles. The van der Waals surface area contributed by atoms with E-state index in [1.54, 1.807) is 4.90 Å². The average molecular weight is 368 g/mol. The molecule has 4 rings (SSSR count). The zero-order valence-electron chi connectivity index (χ0n) is 15.4. The van der Waals surface area contributed by atoms with Gasteiger partial charge in [-0.15, -0.1) is 0 Å². The summed E-state index contributed by atoms with van der Waals surface area (Å²) in [5.74, 6) is -0.485. The average Bonchev–Trinajstić information content (AvgIpc) is 3.19.